The summed E-state index contributed by atoms with van der Waals surface area (Å²) in [5.41, 5.74) is 12.2. The molecule has 12 heteroatoms. The number of Topliss-reactive ketones (excluding diaryl/α,β-unsaturated/α-hetero) is 1. The van der Waals surface area contributed by atoms with Crippen LogP contribution in [0.25, 0.3) is 0 Å². The van der Waals surface area contributed by atoms with E-state index in [0.717, 1.165) is 61.8 Å². The summed E-state index contributed by atoms with van der Waals surface area (Å²) >= 11 is 0. The highest BCUT2D eigenvalue weighted by Crippen LogP contribution is 2.38. The van der Waals surface area contributed by atoms with Gasteiger partial charge in [-0.3, -0.25) is 9.48 Å². The number of benzene rings is 1. The van der Waals surface area contributed by atoms with Gasteiger partial charge in [0.15, 0.2) is 5.03 Å². The van der Waals surface area contributed by atoms with Crippen LogP contribution in [0.15, 0.2) is 35.6 Å². The first-order valence-electron chi connectivity index (χ1n) is 13.4. The van der Waals surface area contributed by atoms with Crippen LogP contribution in [-0.2, 0) is 59.9 Å². The third-order valence-corrected chi connectivity index (χ3v) is 8.48. The van der Waals surface area contributed by atoms with Gasteiger partial charge in [0.2, 0.25) is 0 Å². The fourth-order valence-corrected chi connectivity index (χ4v) is 6.29. The third-order valence-electron chi connectivity index (χ3n) is 7.25. The number of pyridine rings is 1. The molecule has 1 aromatic carbocycles. The molecule has 2 aromatic heterocycles. The van der Waals surface area contributed by atoms with Gasteiger partial charge in [-0.2, -0.15) is 8.42 Å². The standard InChI is InChI=1S/C27H33N7O4S/c28-11-3-13-34-17-21(31-33-34)8-9-22(35)14-18-10-12-29-25(15-18)39(37,38)32-27(36)30-26-23-6-1-4-19(23)16-20-5-2-7-24(20)26/h10,12,15-17H,1-9,11,13-14,28H2,(H2,30,32,36). The van der Waals surface area contributed by atoms with Crippen LogP contribution in [0.5, 0.6) is 0 Å². The zero-order valence-corrected chi connectivity index (χ0v) is 22.6. The van der Waals surface area contributed by atoms with Crippen LogP contribution in [0.2, 0.25) is 0 Å². The van der Waals surface area contributed by atoms with E-state index < -0.39 is 16.1 Å². The van der Waals surface area contributed by atoms with E-state index in [0.29, 0.717) is 30.8 Å². The molecule has 0 bridgehead atoms. The van der Waals surface area contributed by atoms with Crippen LogP contribution >= 0.6 is 0 Å². The summed E-state index contributed by atoms with van der Waals surface area (Å²) in [5.74, 6) is -0.0708. The number of nitrogens with one attached hydrogen (secondary N) is 2. The van der Waals surface area contributed by atoms with Gasteiger partial charge in [0.05, 0.1) is 5.69 Å². The topological polar surface area (TPSA) is 162 Å². The van der Waals surface area contributed by atoms with Crippen LogP contribution in [0.3, 0.4) is 0 Å². The van der Waals surface area contributed by atoms with E-state index in [1.165, 1.54) is 23.4 Å². The average molecular weight is 552 g/mol. The Morgan fingerprint density at radius 2 is 1.79 bits per heavy atom. The quantitative estimate of drug-likeness (QED) is 0.327. The van der Waals surface area contributed by atoms with Crippen molar-refractivity contribution < 1.29 is 18.0 Å². The summed E-state index contributed by atoms with van der Waals surface area (Å²) in [6.07, 6.45) is 10.4. The molecule has 2 heterocycles. The first-order valence-corrected chi connectivity index (χ1v) is 14.9. The number of urea groups is 1. The van der Waals surface area contributed by atoms with Crippen molar-refractivity contribution in [3.8, 4) is 0 Å². The number of aryl methyl sites for hydroxylation is 4. The van der Waals surface area contributed by atoms with Crippen molar-refractivity contribution in [3.63, 3.8) is 0 Å². The number of anilines is 1. The van der Waals surface area contributed by atoms with Gasteiger partial charge in [0, 0.05) is 43.9 Å². The van der Waals surface area contributed by atoms with Crippen molar-refractivity contribution in [2.45, 2.75) is 75.8 Å². The smallest absolute Gasteiger partial charge is 0.330 e. The molecule has 0 spiro atoms. The predicted molar refractivity (Wildman–Crippen MR) is 145 cm³/mol. The zero-order chi connectivity index (χ0) is 27.4. The number of sulfonamides is 1. The Kier molecular flexibility index (Phi) is 8.03. The minimum Gasteiger partial charge on any atom is -0.330 e. The molecule has 0 fully saturated rings. The van der Waals surface area contributed by atoms with Gasteiger partial charge < -0.3 is 11.1 Å². The number of carbonyl (C=O) groups is 2. The number of carbonyl (C=O) groups excluding carboxylic acids is 2. The number of ketones is 1. The average Bonchev–Trinajstić information content (AvgIpc) is 3.67. The molecule has 2 aliphatic rings. The van der Waals surface area contributed by atoms with E-state index in [1.54, 1.807) is 16.9 Å². The summed E-state index contributed by atoms with van der Waals surface area (Å²) in [6, 6.07) is 4.35. The summed E-state index contributed by atoms with van der Waals surface area (Å²) in [4.78, 5) is 29.4. The molecule has 206 valence electrons. The molecular formula is C27H33N7O4S. The molecule has 5 rings (SSSR count). The molecule has 0 radical (unpaired) electrons. The molecule has 39 heavy (non-hydrogen) atoms. The van der Waals surface area contributed by atoms with Crippen molar-refractivity contribution in [3.05, 3.63) is 64.1 Å². The molecule has 0 unspecified atom stereocenters. The van der Waals surface area contributed by atoms with Gasteiger partial charge in [-0.05, 0) is 91.4 Å². The van der Waals surface area contributed by atoms with Crippen molar-refractivity contribution >= 4 is 27.5 Å². The van der Waals surface area contributed by atoms with E-state index >= 15 is 0 Å². The Morgan fingerprint density at radius 1 is 1.05 bits per heavy atom. The van der Waals surface area contributed by atoms with Gasteiger partial charge in [-0.25, -0.2) is 14.5 Å². The maximum atomic E-state index is 13.0. The second-order valence-electron chi connectivity index (χ2n) is 10.1. The first-order chi connectivity index (χ1) is 18.8. The number of hydrogen-bond acceptors (Lipinski definition) is 8. The Morgan fingerprint density at radius 3 is 2.51 bits per heavy atom. The molecule has 3 aromatic rings. The van der Waals surface area contributed by atoms with E-state index in [1.807, 2.05) is 0 Å². The fourth-order valence-electron chi connectivity index (χ4n) is 5.39. The summed E-state index contributed by atoms with van der Waals surface area (Å²) in [7, 11) is -4.24. The second kappa shape index (κ2) is 11.6. The van der Waals surface area contributed by atoms with E-state index in [4.69, 9.17) is 5.73 Å². The molecule has 2 aliphatic carbocycles. The fraction of sp³-hybridized carbons (Fsp3) is 0.444. The Balaban J connectivity index is 1.20. The lowest BCUT2D eigenvalue weighted by molar-refractivity contribution is -0.118. The van der Waals surface area contributed by atoms with Gasteiger partial charge in [-0.1, -0.05) is 11.3 Å². The minimum atomic E-state index is -4.24. The molecule has 2 amide bonds. The van der Waals surface area contributed by atoms with Gasteiger partial charge in [-0.15, -0.1) is 5.10 Å². The predicted octanol–water partition coefficient (Wildman–Crippen LogP) is 2.25. The van der Waals surface area contributed by atoms with Crippen molar-refractivity contribution in [2.24, 2.45) is 5.73 Å². The van der Waals surface area contributed by atoms with Crippen LogP contribution in [-0.4, -0.2) is 46.8 Å². The van der Waals surface area contributed by atoms with Crippen LogP contribution in [0.1, 0.15) is 59.2 Å². The Labute approximate surface area is 227 Å². The molecule has 0 saturated heterocycles. The number of aromatic nitrogens is 4. The van der Waals surface area contributed by atoms with Crippen molar-refractivity contribution in [1.82, 2.24) is 24.7 Å². The lowest BCUT2D eigenvalue weighted by atomic mass is 9.99. The lowest BCUT2D eigenvalue weighted by Gasteiger charge is -2.16. The highest BCUT2D eigenvalue weighted by Gasteiger charge is 2.27. The Hall–Kier alpha value is -3.64. The number of amides is 2. The Bertz CT molecular complexity index is 1470. The van der Waals surface area contributed by atoms with Gasteiger partial charge in [0.25, 0.3) is 10.0 Å². The van der Waals surface area contributed by atoms with Gasteiger partial charge >= 0.3 is 6.03 Å². The minimum absolute atomic E-state index is 0.0425. The van der Waals surface area contributed by atoms with Gasteiger partial charge in [0.1, 0.15) is 5.78 Å². The maximum Gasteiger partial charge on any atom is 0.333 e. The highest BCUT2D eigenvalue weighted by molar-refractivity contribution is 7.90. The number of hydrogen-bond donors (Lipinski definition) is 3. The van der Waals surface area contributed by atoms with E-state index in [9.17, 15) is 18.0 Å². The number of fused-ring (bicyclic) bond motifs is 2. The molecular weight excluding hydrogens is 518 g/mol. The van der Waals surface area contributed by atoms with Crippen molar-refractivity contribution in [2.75, 3.05) is 11.9 Å². The number of rotatable bonds is 11. The monoisotopic (exact) mass is 551 g/mol. The largest absolute Gasteiger partial charge is 0.333 e. The number of nitrogens with two attached hydrogens (primary N) is 1. The first kappa shape index (κ1) is 26.9. The van der Waals surface area contributed by atoms with Crippen LogP contribution in [0, 0.1) is 0 Å². The van der Waals surface area contributed by atoms with E-state index in [2.05, 4.69) is 31.4 Å². The molecule has 0 aliphatic heterocycles. The molecule has 0 saturated carbocycles. The summed E-state index contributed by atoms with van der Waals surface area (Å²) in [5, 5.41) is 10.6. The molecule has 11 nitrogen and oxygen atoms in total. The number of nitrogens with zero attached hydrogens (tertiary/aromatic N) is 4. The zero-order valence-electron chi connectivity index (χ0n) is 21.8. The third kappa shape index (κ3) is 6.34. The SMILES string of the molecule is NCCCn1cc(CCC(=O)Cc2ccnc(S(=O)(=O)NC(=O)Nc3c4c(cc5c3CCC5)CCC4)c2)nn1. The molecule has 0 atom stereocenters. The summed E-state index contributed by atoms with van der Waals surface area (Å²) < 4.78 is 29.8. The normalized spacial score (nSPS) is 14.2. The second-order valence-corrected chi connectivity index (χ2v) is 11.8. The summed E-state index contributed by atoms with van der Waals surface area (Å²) in [6.45, 7) is 1.24. The highest BCUT2D eigenvalue weighted by atomic mass is 32.2. The van der Waals surface area contributed by atoms with Crippen molar-refractivity contribution in [1.29, 1.82) is 0 Å². The maximum absolute atomic E-state index is 13.0. The van der Waals surface area contributed by atoms with E-state index in [-0.39, 0.29) is 23.7 Å². The lowest BCUT2D eigenvalue weighted by Crippen LogP contribution is -2.35. The van der Waals surface area contributed by atoms with Crippen LogP contribution in [0.4, 0.5) is 10.5 Å². The molecule has 4 N–H and O–H groups in total. The van der Waals surface area contributed by atoms with Crippen LogP contribution < -0.4 is 15.8 Å².